The molecule has 34 heavy (non-hydrogen) atoms. The number of halogens is 3. The van der Waals surface area contributed by atoms with Crippen LogP contribution in [0, 0.1) is 0 Å². The fraction of sp³-hybridized carbons (Fsp3) is 0.0370. The maximum Gasteiger partial charge on any atom is 0.363 e. The van der Waals surface area contributed by atoms with E-state index in [-0.39, 0.29) is 5.70 Å². The van der Waals surface area contributed by atoms with E-state index < -0.39 is 5.97 Å². The molecule has 5 rings (SSSR count). The molecular weight excluding hydrogens is 626 g/mol. The first kappa shape index (κ1) is 23.0. The molecule has 4 aromatic carbocycles. The Morgan fingerprint density at radius 3 is 2.29 bits per heavy atom. The molecular formula is C27H16Br3NO3. The van der Waals surface area contributed by atoms with Gasteiger partial charge in [0.2, 0.25) is 5.90 Å². The summed E-state index contributed by atoms with van der Waals surface area (Å²) in [4.78, 5) is 16.9. The Morgan fingerprint density at radius 2 is 1.53 bits per heavy atom. The zero-order valence-electron chi connectivity index (χ0n) is 17.6. The van der Waals surface area contributed by atoms with E-state index in [0.717, 1.165) is 40.9 Å². The summed E-state index contributed by atoms with van der Waals surface area (Å²) in [6.07, 6.45) is 1.70. The van der Waals surface area contributed by atoms with Crippen LogP contribution in [-0.4, -0.2) is 11.9 Å². The van der Waals surface area contributed by atoms with E-state index in [2.05, 4.69) is 52.8 Å². The molecule has 0 saturated heterocycles. The van der Waals surface area contributed by atoms with Crippen molar-refractivity contribution in [3.63, 3.8) is 0 Å². The van der Waals surface area contributed by atoms with Crippen molar-refractivity contribution in [1.82, 2.24) is 0 Å². The minimum Gasteiger partial charge on any atom is -0.486 e. The van der Waals surface area contributed by atoms with E-state index >= 15 is 0 Å². The van der Waals surface area contributed by atoms with Crippen LogP contribution < -0.4 is 4.74 Å². The summed E-state index contributed by atoms with van der Waals surface area (Å²) in [5, 5.41) is 2.17. The van der Waals surface area contributed by atoms with Gasteiger partial charge in [0.1, 0.15) is 12.4 Å². The standard InChI is InChI=1S/C27H16Br3NO3/c28-21-8-4-3-7-20(21)15-33-25-22(29)11-16(12-23(25)30)13-24-27(32)34-26(31-24)19-10-9-17-5-1-2-6-18(17)14-19/h1-14H,15H2/b24-13-. The minimum absolute atomic E-state index is 0.240. The SMILES string of the molecule is O=C1OC(c2ccc3ccccc3c2)=N/C1=C\c1cc(Br)c(OCc2ccccc2Br)c(Br)c1. The molecule has 1 heterocycles. The quantitative estimate of drug-likeness (QED) is 0.164. The number of carbonyl (C=O) groups is 1. The summed E-state index contributed by atoms with van der Waals surface area (Å²) in [5.74, 6) is 0.491. The summed E-state index contributed by atoms with van der Waals surface area (Å²) >= 11 is 10.7. The highest BCUT2D eigenvalue weighted by atomic mass is 79.9. The zero-order chi connectivity index (χ0) is 23.7. The van der Waals surface area contributed by atoms with Crippen molar-refractivity contribution in [3.8, 4) is 5.75 Å². The third-order valence-corrected chi connectivity index (χ3v) is 7.22. The van der Waals surface area contributed by atoms with Crippen molar-refractivity contribution in [3.05, 3.63) is 115 Å². The normalized spacial score (nSPS) is 14.4. The summed E-state index contributed by atoms with van der Waals surface area (Å²) in [6.45, 7) is 0.408. The Morgan fingerprint density at radius 1 is 0.824 bits per heavy atom. The van der Waals surface area contributed by atoms with Gasteiger partial charge in [-0.05, 0) is 84.6 Å². The van der Waals surface area contributed by atoms with Gasteiger partial charge in [-0.2, -0.15) is 0 Å². The number of cyclic esters (lactones) is 1. The van der Waals surface area contributed by atoms with Gasteiger partial charge in [-0.15, -0.1) is 0 Å². The first-order chi connectivity index (χ1) is 16.5. The van der Waals surface area contributed by atoms with Crippen molar-refractivity contribution < 1.29 is 14.3 Å². The summed E-state index contributed by atoms with van der Waals surface area (Å²) in [5.41, 5.74) is 2.82. The van der Waals surface area contributed by atoms with Crippen molar-refractivity contribution in [2.24, 2.45) is 4.99 Å². The van der Waals surface area contributed by atoms with Crippen molar-refractivity contribution in [2.75, 3.05) is 0 Å². The number of aliphatic imine (C=N–C) groups is 1. The van der Waals surface area contributed by atoms with Crippen molar-refractivity contribution in [1.29, 1.82) is 0 Å². The molecule has 0 aliphatic carbocycles. The molecule has 0 N–H and O–H groups in total. The molecule has 0 unspecified atom stereocenters. The van der Waals surface area contributed by atoms with Gasteiger partial charge in [0, 0.05) is 15.6 Å². The van der Waals surface area contributed by atoms with Gasteiger partial charge in [-0.1, -0.05) is 64.5 Å². The molecule has 0 aromatic heterocycles. The summed E-state index contributed by atoms with van der Waals surface area (Å²) in [6, 6.07) is 25.5. The number of benzene rings is 4. The number of esters is 1. The Hall–Kier alpha value is -2.74. The summed E-state index contributed by atoms with van der Waals surface area (Å²) in [7, 11) is 0. The van der Waals surface area contributed by atoms with Gasteiger partial charge in [-0.3, -0.25) is 0 Å². The zero-order valence-corrected chi connectivity index (χ0v) is 22.4. The highest BCUT2D eigenvalue weighted by molar-refractivity contribution is 9.11. The molecule has 0 saturated carbocycles. The molecule has 0 fully saturated rings. The highest BCUT2D eigenvalue weighted by Crippen LogP contribution is 2.36. The van der Waals surface area contributed by atoms with Gasteiger partial charge in [-0.25, -0.2) is 9.79 Å². The second kappa shape index (κ2) is 9.86. The predicted octanol–water partition coefficient (Wildman–Crippen LogP) is 8.05. The van der Waals surface area contributed by atoms with Crippen LogP contribution in [0.25, 0.3) is 16.8 Å². The Bertz CT molecular complexity index is 1470. The number of hydrogen-bond acceptors (Lipinski definition) is 4. The van der Waals surface area contributed by atoms with Crippen LogP contribution in [0.2, 0.25) is 0 Å². The van der Waals surface area contributed by atoms with Gasteiger partial charge in [0.25, 0.3) is 0 Å². The van der Waals surface area contributed by atoms with Gasteiger partial charge < -0.3 is 9.47 Å². The van der Waals surface area contributed by atoms with E-state index in [1.54, 1.807) is 6.08 Å². The third-order valence-electron chi connectivity index (χ3n) is 5.27. The van der Waals surface area contributed by atoms with Crippen LogP contribution >= 0.6 is 47.8 Å². The molecule has 0 radical (unpaired) electrons. The summed E-state index contributed by atoms with van der Waals surface area (Å²) < 4.78 is 14.0. The highest BCUT2D eigenvalue weighted by Gasteiger charge is 2.24. The Balaban J connectivity index is 1.39. The first-order valence-corrected chi connectivity index (χ1v) is 12.7. The molecule has 7 heteroatoms. The average molecular weight is 642 g/mol. The lowest BCUT2D eigenvalue weighted by molar-refractivity contribution is -0.129. The lowest BCUT2D eigenvalue weighted by atomic mass is 10.1. The predicted molar refractivity (Wildman–Crippen MR) is 145 cm³/mol. The van der Waals surface area contributed by atoms with E-state index in [1.807, 2.05) is 78.9 Å². The van der Waals surface area contributed by atoms with Crippen molar-refractivity contribution in [2.45, 2.75) is 6.61 Å². The molecule has 1 aliphatic heterocycles. The minimum atomic E-state index is -0.482. The molecule has 4 aromatic rings. The van der Waals surface area contributed by atoms with Gasteiger partial charge in [0.15, 0.2) is 5.70 Å². The fourth-order valence-electron chi connectivity index (χ4n) is 3.58. The number of rotatable bonds is 5. The Labute approximate surface area is 221 Å². The molecule has 0 amide bonds. The van der Waals surface area contributed by atoms with E-state index in [0.29, 0.717) is 18.3 Å². The van der Waals surface area contributed by atoms with E-state index in [4.69, 9.17) is 9.47 Å². The number of nitrogens with zero attached hydrogens (tertiary/aromatic N) is 1. The third kappa shape index (κ3) is 4.87. The number of carbonyl (C=O) groups excluding carboxylic acids is 1. The fourth-order valence-corrected chi connectivity index (χ4v) is 5.43. The molecule has 0 spiro atoms. The number of ether oxygens (including phenoxy) is 2. The van der Waals surface area contributed by atoms with Crippen LogP contribution in [0.4, 0.5) is 0 Å². The molecule has 4 nitrogen and oxygen atoms in total. The molecule has 0 atom stereocenters. The largest absolute Gasteiger partial charge is 0.486 e. The molecule has 0 bridgehead atoms. The van der Waals surface area contributed by atoms with Crippen LogP contribution in [-0.2, 0) is 16.1 Å². The molecule has 168 valence electrons. The van der Waals surface area contributed by atoms with Crippen LogP contribution in [0.5, 0.6) is 5.75 Å². The monoisotopic (exact) mass is 639 g/mol. The smallest absolute Gasteiger partial charge is 0.363 e. The lowest BCUT2D eigenvalue weighted by Crippen LogP contribution is -2.05. The Kier molecular flexibility index (Phi) is 6.68. The van der Waals surface area contributed by atoms with Crippen LogP contribution in [0.15, 0.2) is 103 Å². The number of hydrogen-bond donors (Lipinski definition) is 0. The topological polar surface area (TPSA) is 47.9 Å². The maximum atomic E-state index is 12.5. The van der Waals surface area contributed by atoms with Gasteiger partial charge >= 0.3 is 5.97 Å². The lowest BCUT2D eigenvalue weighted by Gasteiger charge is -2.12. The number of fused-ring (bicyclic) bond motifs is 1. The second-order valence-corrected chi connectivity index (χ2v) is 10.2. The second-order valence-electron chi connectivity index (χ2n) is 7.59. The van der Waals surface area contributed by atoms with Crippen molar-refractivity contribution >= 4 is 76.5 Å². The average Bonchev–Trinajstić information content (AvgIpc) is 3.19. The van der Waals surface area contributed by atoms with E-state index in [1.165, 1.54) is 0 Å². The molecule has 1 aliphatic rings. The van der Waals surface area contributed by atoms with Gasteiger partial charge in [0.05, 0.1) is 8.95 Å². The van der Waals surface area contributed by atoms with E-state index in [9.17, 15) is 4.79 Å². The van der Waals surface area contributed by atoms with Crippen LogP contribution in [0.1, 0.15) is 16.7 Å². The van der Waals surface area contributed by atoms with Crippen LogP contribution in [0.3, 0.4) is 0 Å². The first-order valence-electron chi connectivity index (χ1n) is 10.3. The maximum absolute atomic E-state index is 12.5.